The fourth-order valence-corrected chi connectivity index (χ4v) is 1.82. The molecule has 20 heavy (non-hydrogen) atoms. The van der Waals surface area contributed by atoms with E-state index >= 15 is 0 Å². The van der Waals surface area contributed by atoms with Crippen molar-refractivity contribution in [2.24, 2.45) is 0 Å². The molecule has 0 spiro atoms. The van der Waals surface area contributed by atoms with Gasteiger partial charge in [-0.05, 0) is 27.7 Å². The molecule has 1 unspecified atom stereocenters. The van der Waals surface area contributed by atoms with Gasteiger partial charge in [0.05, 0.1) is 5.75 Å². The Kier molecular flexibility index (Phi) is 4.74. The lowest BCUT2D eigenvalue weighted by atomic mass is 10.2. The first-order valence-electron chi connectivity index (χ1n) is 6.11. The van der Waals surface area contributed by atoms with Crippen LogP contribution in [0.15, 0.2) is 9.64 Å². The van der Waals surface area contributed by atoms with Crippen LogP contribution in [-0.4, -0.2) is 36.1 Å². The van der Waals surface area contributed by atoms with E-state index in [9.17, 15) is 13.2 Å². The second-order valence-electron chi connectivity index (χ2n) is 5.18. The Balaban J connectivity index is 2.75. The van der Waals surface area contributed by atoms with Gasteiger partial charge in [0.25, 0.3) is 0 Å². The molecule has 1 amide bonds. The minimum atomic E-state index is -3.55. The van der Waals surface area contributed by atoms with Crippen LogP contribution in [-0.2, 0) is 14.6 Å². The number of rotatable bonds is 4. The molecule has 0 aromatic carbocycles. The molecule has 1 aromatic heterocycles. The average Bonchev–Trinajstić information content (AvgIpc) is 2.76. The highest BCUT2D eigenvalue weighted by Crippen LogP contribution is 2.16. The fraction of sp³-hybridized carbons (Fsp3) is 0.727. The molecule has 0 fully saturated rings. The zero-order valence-electron chi connectivity index (χ0n) is 12.1. The molecule has 114 valence electrons. The molecule has 8 nitrogen and oxygen atoms in total. The van der Waals surface area contributed by atoms with Crippen molar-refractivity contribution in [1.82, 2.24) is 15.5 Å². The van der Waals surface area contributed by atoms with E-state index in [2.05, 4.69) is 15.5 Å². The van der Waals surface area contributed by atoms with E-state index in [1.54, 1.807) is 27.7 Å². The molecule has 1 aromatic rings. The van der Waals surface area contributed by atoms with Crippen LogP contribution >= 0.6 is 0 Å². The lowest BCUT2D eigenvalue weighted by molar-refractivity contribution is 0.0500. The normalized spacial score (nSPS) is 13.8. The smallest absolute Gasteiger partial charge is 0.408 e. The van der Waals surface area contributed by atoms with E-state index in [1.165, 1.54) is 6.92 Å². The first-order valence-corrected chi connectivity index (χ1v) is 7.76. The van der Waals surface area contributed by atoms with Crippen molar-refractivity contribution in [1.29, 1.82) is 0 Å². The Bertz CT molecular complexity index is 573. The number of sulfone groups is 1. The van der Waals surface area contributed by atoms with E-state index < -0.39 is 32.8 Å². The molecule has 0 aliphatic heterocycles. The molecule has 1 atom stereocenters. The number of carbonyl (C=O) groups is 1. The highest BCUT2D eigenvalue weighted by molar-refractivity contribution is 7.91. The van der Waals surface area contributed by atoms with Gasteiger partial charge in [-0.25, -0.2) is 13.2 Å². The Hall–Kier alpha value is -1.64. The average molecular weight is 305 g/mol. The first-order chi connectivity index (χ1) is 9.05. The zero-order chi connectivity index (χ0) is 15.6. The number of aromatic nitrogens is 2. The number of carbonyl (C=O) groups excluding carboxylic acids is 1. The monoisotopic (exact) mass is 305 g/mol. The van der Waals surface area contributed by atoms with Crippen molar-refractivity contribution in [2.45, 2.75) is 51.5 Å². The van der Waals surface area contributed by atoms with Crippen molar-refractivity contribution < 1.29 is 22.4 Å². The number of hydrogen-bond donors (Lipinski definition) is 1. The Morgan fingerprint density at radius 1 is 1.40 bits per heavy atom. The lowest BCUT2D eigenvalue weighted by Crippen LogP contribution is -2.34. The van der Waals surface area contributed by atoms with Crippen molar-refractivity contribution in [3.05, 3.63) is 5.89 Å². The van der Waals surface area contributed by atoms with Crippen LogP contribution in [0.1, 0.15) is 46.6 Å². The van der Waals surface area contributed by atoms with Crippen molar-refractivity contribution in [3.8, 4) is 0 Å². The number of amides is 1. The first kappa shape index (κ1) is 16.4. The number of ether oxygens (including phenoxy) is 1. The summed E-state index contributed by atoms with van der Waals surface area (Å²) in [7, 11) is -3.55. The molecule has 1 N–H and O–H groups in total. The summed E-state index contributed by atoms with van der Waals surface area (Å²) in [6, 6.07) is -0.654. The summed E-state index contributed by atoms with van der Waals surface area (Å²) >= 11 is 0. The predicted molar refractivity (Wildman–Crippen MR) is 69.8 cm³/mol. The van der Waals surface area contributed by atoms with Crippen LogP contribution < -0.4 is 5.32 Å². The summed E-state index contributed by atoms with van der Waals surface area (Å²) in [6.07, 6.45) is -0.650. The van der Waals surface area contributed by atoms with Gasteiger partial charge in [0, 0.05) is 0 Å². The van der Waals surface area contributed by atoms with Crippen LogP contribution in [0.4, 0.5) is 4.79 Å². The van der Waals surface area contributed by atoms with Crippen LogP contribution in [0, 0.1) is 0 Å². The standard InChI is InChI=1S/C11H19N3O5S/c1-6-20(16,17)10-14-13-8(18-10)7(2)12-9(15)19-11(3,4)5/h7H,6H2,1-5H3,(H,12,15). The Morgan fingerprint density at radius 3 is 2.50 bits per heavy atom. The molecule has 1 rings (SSSR count). The van der Waals surface area contributed by atoms with Crippen LogP contribution in [0.5, 0.6) is 0 Å². The van der Waals surface area contributed by atoms with Crippen LogP contribution in [0.25, 0.3) is 0 Å². The highest BCUT2D eigenvalue weighted by atomic mass is 32.2. The van der Waals surface area contributed by atoms with E-state index in [1.807, 2.05) is 0 Å². The van der Waals surface area contributed by atoms with Gasteiger partial charge in [0.2, 0.25) is 15.7 Å². The van der Waals surface area contributed by atoms with Crippen molar-refractivity contribution in [3.63, 3.8) is 0 Å². The van der Waals surface area contributed by atoms with E-state index in [4.69, 9.17) is 9.15 Å². The minimum absolute atomic E-state index is 0.00267. The molecular weight excluding hydrogens is 286 g/mol. The highest BCUT2D eigenvalue weighted by Gasteiger charge is 2.24. The maximum atomic E-state index is 11.6. The SMILES string of the molecule is CCS(=O)(=O)c1nnc(C(C)NC(=O)OC(C)(C)C)o1. The topological polar surface area (TPSA) is 111 Å². The van der Waals surface area contributed by atoms with Gasteiger partial charge in [-0.3, -0.25) is 0 Å². The van der Waals surface area contributed by atoms with E-state index in [-0.39, 0.29) is 11.6 Å². The molecular formula is C11H19N3O5S. The lowest BCUT2D eigenvalue weighted by Gasteiger charge is -2.20. The van der Waals surface area contributed by atoms with Gasteiger partial charge in [0.15, 0.2) is 0 Å². The van der Waals surface area contributed by atoms with Gasteiger partial charge in [-0.1, -0.05) is 12.0 Å². The van der Waals surface area contributed by atoms with E-state index in [0.717, 1.165) is 0 Å². The molecule has 0 bridgehead atoms. The summed E-state index contributed by atoms with van der Waals surface area (Å²) in [5.41, 5.74) is -0.630. The maximum Gasteiger partial charge on any atom is 0.408 e. The molecule has 9 heteroatoms. The maximum absolute atomic E-state index is 11.6. The molecule has 0 aliphatic carbocycles. The van der Waals surface area contributed by atoms with Gasteiger partial charge in [0.1, 0.15) is 11.6 Å². The largest absolute Gasteiger partial charge is 0.444 e. The van der Waals surface area contributed by atoms with Crippen LogP contribution in [0.3, 0.4) is 0 Å². The zero-order valence-corrected chi connectivity index (χ0v) is 12.9. The molecule has 0 radical (unpaired) electrons. The van der Waals surface area contributed by atoms with Gasteiger partial charge in [-0.15, -0.1) is 5.10 Å². The third-order valence-corrected chi connectivity index (χ3v) is 3.63. The molecule has 1 heterocycles. The van der Waals surface area contributed by atoms with Crippen molar-refractivity contribution >= 4 is 15.9 Å². The third kappa shape index (κ3) is 4.48. The van der Waals surface area contributed by atoms with Gasteiger partial charge < -0.3 is 14.5 Å². The second-order valence-corrected chi connectivity index (χ2v) is 7.33. The third-order valence-electron chi connectivity index (χ3n) is 2.17. The summed E-state index contributed by atoms with van der Waals surface area (Å²) in [4.78, 5) is 11.6. The minimum Gasteiger partial charge on any atom is -0.444 e. The summed E-state index contributed by atoms with van der Waals surface area (Å²) in [5.74, 6) is -0.134. The quantitative estimate of drug-likeness (QED) is 0.895. The fourth-order valence-electron chi connectivity index (χ4n) is 1.19. The Morgan fingerprint density at radius 2 is 2.00 bits per heavy atom. The summed E-state index contributed by atoms with van der Waals surface area (Å²) < 4.78 is 33.2. The van der Waals surface area contributed by atoms with Crippen molar-refractivity contribution in [2.75, 3.05) is 5.75 Å². The number of hydrogen-bond acceptors (Lipinski definition) is 7. The summed E-state index contributed by atoms with van der Waals surface area (Å²) in [6.45, 7) is 8.25. The molecule has 0 aliphatic rings. The van der Waals surface area contributed by atoms with E-state index in [0.29, 0.717) is 0 Å². The number of alkyl carbamates (subject to hydrolysis) is 1. The predicted octanol–water partition coefficient (Wildman–Crippen LogP) is 1.45. The molecule has 0 saturated carbocycles. The van der Waals surface area contributed by atoms with Gasteiger partial charge >= 0.3 is 11.3 Å². The molecule has 0 saturated heterocycles. The second kappa shape index (κ2) is 5.78. The number of nitrogens with one attached hydrogen (secondary N) is 1. The van der Waals surface area contributed by atoms with Gasteiger partial charge in [-0.2, -0.15) is 0 Å². The Labute approximate surface area is 117 Å². The summed E-state index contributed by atoms with van der Waals surface area (Å²) in [5, 5.41) is 9.11. The number of nitrogens with zero attached hydrogens (tertiary/aromatic N) is 2. The van der Waals surface area contributed by atoms with Crippen LogP contribution in [0.2, 0.25) is 0 Å².